The van der Waals surface area contributed by atoms with E-state index in [2.05, 4.69) is 21.7 Å². The minimum absolute atomic E-state index is 0.00274. The molecule has 17 heteroatoms. The van der Waals surface area contributed by atoms with E-state index >= 15 is 0 Å². The van der Waals surface area contributed by atoms with Crippen LogP contribution in [0, 0.1) is 18.3 Å². The lowest BCUT2D eigenvalue weighted by Gasteiger charge is -2.39. The molecule has 5 atom stereocenters. The van der Waals surface area contributed by atoms with Crippen molar-refractivity contribution in [2.45, 2.75) is 96.6 Å². The fourth-order valence-electron chi connectivity index (χ4n) is 8.04. The molecule has 1 aliphatic rings. The van der Waals surface area contributed by atoms with Crippen molar-refractivity contribution < 1.29 is 42.7 Å². The van der Waals surface area contributed by atoms with Crippen LogP contribution in [0.4, 0.5) is 5.82 Å². The summed E-state index contributed by atoms with van der Waals surface area (Å²) in [6.07, 6.45) is -3.13. The van der Waals surface area contributed by atoms with Gasteiger partial charge in [-0.15, -0.1) is 4.67 Å². The van der Waals surface area contributed by atoms with Crippen molar-refractivity contribution in [2.24, 2.45) is 0 Å². The molecule has 0 radical (unpaired) electrons. The fourth-order valence-corrected chi connectivity index (χ4v) is 11.0. The Hall–Kier alpha value is -5.24. The Bertz CT molecular complexity index is 2180. The molecular formula is C46H60N6O10P+. The molecule has 3 aromatic carbocycles. The van der Waals surface area contributed by atoms with Crippen LogP contribution < -0.4 is 25.8 Å². The number of carbonyl (C=O) groups excluding carboxylic acids is 2. The van der Waals surface area contributed by atoms with Crippen LogP contribution >= 0.6 is 7.87 Å². The number of anilines is 1. The summed E-state index contributed by atoms with van der Waals surface area (Å²) in [4.78, 5) is 55.5. The van der Waals surface area contributed by atoms with Gasteiger partial charge in [-0.25, -0.2) is 9.69 Å². The molecule has 16 nitrogen and oxygen atoms in total. The first-order valence-electron chi connectivity index (χ1n) is 20.9. The van der Waals surface area contributed by atoms with Crippen LogP contribution in [-0.2, 0) is 33.9 Å². The van der Waals surface area contributed by atoms with Crippen LogP contribution in [0.3, 0.4) is 0 Å². The summed E-state index contributed by atoms with van der Waals surface area (Å²) < 4.78 is 42.0. The molecule has 0 spiro atoms. The van der Waals surface area contributed by atoms with Crippen LogP contribution in [0.25, 0.3) is 0 Å². The quantitative estimate of drug-likeness (QED) is 0.0640. The lowest BCUT2D eigenvalue weighted by molar-refractivity contribution is -0.124. The maximum atomic E-state index is 14.0. The third-order valence-corrected chi connectivity index (χ3v) is 13.8. The van der Waals surface area contributed by atoms with Crippen molar-refractivity contribution in [1.29, 1.82) is 5.26 Å². The maximum Gasteiger partial charge on any atom is 0.351 e. The molecule has 3 N–H and O–H groups in total. The summed E-state index contributed by atoms with van der Waals surface area (Å²) >= 11 is 0. The number of methoxy groups -OCH3 is 2. The van der Waals surface area contributed by atoms with Crippen molar-refractivity contribution >= 4 is 25.5 Å². The Morgan fingerprint density at radius 1 is 0.952 bits per heavy atom. The van der Waals surface area contributed by atoms with Gasteiger partial charge in [-0.2, -0.15) is 14.8 Å². The molecule has 1 aliphatic heterocycles. The first kappa shape index (κ1) is 48.8. The van der Waals surface area contributed by atoms with Gasteiger partial charge in [-0.05, 0) is 75.6 Å². The zero-order valence-corrected chi connectivity index (χ0v) is 38.3. The van der Waals surface area contributed by atoms with Crippen molar-refractivity contribution in [3.63, 3.8) is 0 Å². The Kier molecular flexibility index (Phi) is 17.0. The molecule has 1 fully saturated rings. The number of hydrogen-bond acceptors (Lipinski definition) is 13. The predicted octanol–water partition coefficient (Wildman–Crippen LogP) is 6.13. The number of carbonyl (C=O) groups is 2. The van der Waals surface area contributed by atoms with E-state index in [9.17, 15) is 24.5 Å². The molecule has 1 saturated heterocycles. The maximum absolute atomic E-state index is 14.0. The minimum atomic E-state index is -3.67. The topological polar surface area (TPSA) is 196 Å². The summed E-state index contributed by atoms with van der Waals surface area (Å²) in [5, 5.41) is 15.0. The van der Waals surface area contributed by atoms with Crippen LogP contribution in [0.15, 0.2) is 89.9 Å². The Balaban J connectivity index is 1.74. The number of rotatable bonds is 21. The van der Waals surface area contributed by atoms with Crippen molar-refractivity contribution in [1.82, 2.24) is 19.5 Å². The number of aryl methyl sites for hydroxylation is 1. The summed E-state index contributed by atoms with van der Waals surface area (Å²) in [6, 6.07) is 26.5. The Morgan fingerprint density at radius 2 is 1.52 bits per heavy atom. The third kappa shape index (κ3) is 11.3. The molecule has 1 unspecified atom stereocenters. The summed E-state index contributed by atoms with van der Waals surface area (Å²) in [5.74, 6) is 0.674. The van der Waals surface area contributed by atoms with Crippen LogP contribution in [0.2, 0.25) is 0 Å². The van der Waals surface area contributed by atoms with Gasteiger partial charge in [0.05, 0.1) is 39.9 Å². The van der Waals surface area contributed by atoms with E-state index in [0.717, 1.165) is 16.7 Å². The highest BCUT2D eigenvalue weighted by Gasteiger charge is 2.58. The number of nitrogens with one attached hydrogen (secondary N) is 2. The number of benzene rings is 3. The molecule has 0 saturated carbocycles. The second-order valence-corrected chi connectivity index (χ2v) is 18.2. The van der Waals surface area contributed by atoms with Crippen LogP contribution in [0.1, 0.15) is 75.9 Å². The standard InChI is InChI=1S/C46H59N6O10P/c1-30(2)52(31(3)4)63(56,27-13-25-47)62-41-39(61-44(42(41)59-26-24-40(54)48-7)51-28-32(5)43(49-33(6)53)50-45(51)55)29-60-46(34-14-11-10-12-15-34,35-16-20-37(57-8)21-17-35)36-18-22-38(58-9)23-19-36/h10-12,14-23,28,30-31,39,41-42,44,56H,13,24,26-27,29H2,1-9H3,(H-,48,49,50,53,54,55)/p+1/t39-,41-,42-,44-,63?/m1/s1. The van der Waals surface area contributed by atoms with Crippen LogP contribution in [-0.4, -0.2) is 102 Å². The van der Waals surface area contributed by atoms with E-state index in [0.29, 0.717) is 17.1 Å². The number of ether oxygens (including phenoxy) is 5. The molecule has 63 heavy (non-hydrogen) atoms. The van der Waals surface area contributed by atoms with Gasteiger partial charge in [0, 0.05) is 44.2 Å². The lowest BCUT2D eigenvalue weighted by Crippen LogP contribution is -2.46. The smallest absolute Gasteiger partial charge is 0.351 e. The molecule has 5 rings (SSSR count). The van der Waals surface area contributed by atoms with Gasteiger partial charge in [-0.3, -0.25) is 14.2 Å². The monoisotopic (exact) mass is 887 g/mol. The van der Waals surface area contributed by atoms with E-state index in [4.69, 9.17) is 28.2 Å². The highest BCUT2D eigenvalue weighted by atomic mass is 31.2. The van der Waals surface area contributed by atoms with Crippen LogP contribution in [0.5, 0.6) is 11.5 Å². The van der Waals surface area contributed by atoms with Gasteiger partial charge in [0.25, 0.3) is 0 Å². The SMILES string of the molecule is CNC(=O)CCO[C@@H]1[C@H](O[P+](O)(CCC#N)N(C(C)C)C(C)C)[C@@H](COC(c2ccccc2)(c2ccc(OC)cc2)c2ccc(OC)cc2)O[C@H]1n1cc(C)c(NC(C)=O)nc1=O. The zero-order valence-electron chi connectivity index (χ0n) is 37.4. The van der Waals surface area contributed by atoms with Crippen molar-refractivity contribution in [3.8, 4) is 17.6 Å². The second kappa shape index (κ2) is 21.9. The summed E-state index contributed by atoms with van der Waals surface area (Å²) in [7, 11) is 1.03. The van der Waals surface area contributed by atoms with Gasteiger partial charge in [0.15, 0.2) is 12.3 Å². The minimum Gasteiger partial charge on any atom is -0.497 e. The molecular weight excluding hydrogens is 828 g/mol. The lowest BCUT2D eigenvalue weighted by atomic mass is 9.80. The van der Waals surface area contributed by atoms with E-state index in [1.165, 1.54) is 24.7 Å². The Morgan fingerprint density at radius 3 is 2.03 bits per heavy atom. The molecule has 0 bridgehead atoms. The van der Waals surface area contributed by atoms with Gasteiger partial charge in [-0.1, -0.05) is 54.6 Å². The zero-order chi connectivity index (χ0) is 45.9. The normalized spacial score (nSPS) is 18.5. The Labute approximate surface area is 370 Å². The number of nitrogens with zero attached hydrogens (tertiary/aromatic N) is 4. The number of aromatic nitrogens is 2. The highest BCUT2D eigenvalue weighted by Crippen LogP contribution is 2.64. The first-order chi connectivity index (χ1) is 30.1. The van der Waals surface area contributed by atoms with Gasteiger partial charge >= 0.3 is 13.6 Å². The number of hydrogen-bond donors (Lipinski definition) is 3. The third-order valence-electron chi connectivity index (χ3n) is 10.8. The molecule has 4 aromatic rings. The van der Waals surface area contributed by atoms with E-state index in [1.807, 2.05) is 111 Å². The van der Waals surface area contributed by atoms with E-state index in [1.54, 1.807) is 21.1 Å². The average Bonchev–Trinajstić information content (AvgIpc) is 3.59. The van der Waals surface area contributed by atoms with E-state index in [-0.39, 0.29) is 56.0 Å². The van der Waals surface area contributed by atoms with Gasteiger partial charge in [0.2, 0.25) is 11.8 Å². The molecule has 338 valence electrons. The highest BCUT2D eigenvalue weighted by molar-refractivity contribution is 7.63. The van der Waals surface area contributed by atoms with Gasteiger partial charge < -0.3 is 34.3 Å². The predicted molar refractivity (Wildman–Crippen MR) is 239 cm³/mol. The average molecular weight is 888 g/mol. The van der Waals surface area contributed by atoms with Crippen molar-refractivity contribution in [3.05, 3.63) is 118 Å². The molecule has 1 aromatic heterocycles. The first-order valence-corrected chi connectivity index (χ1v) is 22.7. The van der Waals surface area contributed by atoms with Crippen molar-refractivity contribution in [2.75, 3.05) is 46.0 Å². The summed E-state index contributed by atoms with van der Waals surface area (Å²) in [5.41, 5.74) is 0.673. The van der Waals surface area contributed by atoms with E-state index < -0.39 is 49.6 Å². The molecule has 0 aliphatic carbocycles. The second-order valence-electron chi connectivity index (χ2n) is 15.7. The summed E-state index contributed by atoms with van der Waals surface area (Å²) in [6.45, 7) is 10.5. The fraction of sp³-hybridized carbons (Fsp3) is 0.457. The molecule has 2 heterocycles. The number of nitriles is 1. The largest absolute Gasteiger partial charge is 0.497 e. The van der Waals surface area contributed by atoms with Gasteiger partial charge in [0.1, 0.15) is 41.3 Å². The molecule has 2 amide bonds. The number of amides is 2.